The summed E-state index contributed by atoms with van der Waals surface area (Å²) in [6, 6.07) is 8.09. The van der Waals surface area contributed by atoms with Crippen LogP contribution < -0.4 is 4.74 Å². The molecule has 0 aliphatic carbocycles. The van der Waals surface area contributed by atoms with Crippen LogP contribution >= 0.6 is 23.1 Å². The average Bonchev–Trinajstić information content (AvgIpc) is 3.06. The number of rotatable bonds is 9. The van der Waals surface area contributed by atoms with Crippen LogP contribution in [0.3, 0.4) is 0 Å². The van der Waals surface area contributed by atoms with Crippen molar-refractivity contribution in [2.24, 2.45) is 0 Å². The van der Waals surface area contributed by atoms with Crippen LogP contribution in [0.5, 0.6) is 5.75 Å². The number of benzene rings is 1. The minimum absolute atomic E-state index is 0.329. The van der Waals surface area contributed by atoms with E-state index in [0.717, 1.165) is 59.7 Å². The molecule has 0 bridgehead atoms. The van der Waals surface area contributed by atoms with Gasteiger partial charge < -0.3 is 9.84 Å². The minimum Gasteiger partial charge on any atom is -0.491 e. The molecular formula is C20H29N3O2S2. The summed E-state index contributed by atoms with van der Waals surface area (Å²) in [5, 5.41) is 13.6. The van der Waals surface area contributed by atoms with E-state index < -0.39 is 6.10 Å². The molecule has 1 aromatic carbocycles. The van der Waals surface area contributed by atoms with Gasteiger partial charge in [0.15, 0.2) is 0 Å². The Morgan fingerprint density at radius 3 is 2.78 bits per heavy atom. The largest absolute Gasteiger partial charge is 0.491 e. The van der Waals surface area contributed by atoms with Crippen LogP contribution in [0.25, 0.3) is 0 Å². The number of para-hydroxylation sites is 1. The van der Waals surface area contributed by atoms with Crippen molar-refractivity contribution in [2.45, 2.75) is 26.1 Å². The summed E-state index contributed by atoms with van der Waals surface area (Å²) in [5.41, 5.74) is 2.21. The third-order valence-corrected chi connectivity index (χ3v) is 6.38. The minimum atomic E-state index is -0.461. The molecule has 1 saturated heterocycles. The number of aromatic nitrogens is 1. The monoisotopic (exact) mass is 407 g/mol. The number of thioether (sulfide) groups is 1. The van der Waals surface area contributed by atoms with Gasteiger partial charge in [-0.2, -0.15) is 11.8 Å². The average molecular weight is 408 g/mol. The van der Waals surface area contributed by atoms with Crippen LogP contribution in [0.15, 0.2) is 29.6 Å². The number of hydrogen-bond acceptors (Lipinski definition) is 7. The van der Waals surface area contributed by atoms with Crippen LogP contribution in [-0.4, -0.2) is 70.8 Å². The number of hydrogen-bond donors (Lipinski definition) is 1. The van der Waals surface area contributed by atoms with E-state index in [1.165, 1.54) is 0 Å². The third kappa shape index (κ3) is 6.76. The van der Waals surface area contributed by atoms with Crippen molar-refractivity contribution in [3.05, 3.63) is 45.9 Å². The van der Waals surface area contributed by atoms with E-state index in [-0.39, 0.29) is 0 Å². The van der Waals surface area contributed by atoms with E-state index in [4.69, 9.17) is 4.74 Å². The van der Waals surface area contributed by atoms with Gasteiger partial charge in [-0.25, -0.2) is 4.98 Å². The maximum absolute atomic E-state index is 10.3. The van der Waals surface area contributed by atoms with Crippen molar-refractivity contribution in [3.63, 3.8) is 0 Å². The molecule has 7 heteroatoms. The molecule has 3 rings (SSSR count). The van der Waals surface area contributed by atoms with E-state index in [2.05, 4.69) is 33.3 Å². The zero-order valence-corrected chi connectivity index (χ0v) is 17.8. The van der Waals surface area contributed by atoms with Gasteiger partial charge in [-0.15, -0.1) is 11.3 Å². The Kier molecular flexibility index (Phi) is 7.96. The SMILES string of the molecule is Cc1csc(CN(C)Cc2ccccc2OC[C@@H](O)CN2CCSCC2)n1. The number of thiazole rings is 1. The smallest absolute Gasteiger partial charge is 0.123 e. The second kappa shape index (κ2) is 10.4. The topological polar surface area (TPSA) is 48.8 Å². The van der Waals surface area contributed by atoms with Gasteiger partial charge in [0.05, 0.1) is 6.54 Å². The molecule has 0 radical (unpaired) electrons. The number of aliphatic hydroxyl groups is 1. The highest BCUT2D eigenvalue weighted by Crippen LogP contribution is 2.21. The lowest BCUT2D eigenvalue weighted by atomic mass is 10.2. The van der Waals surface area contributed by atoms with Crippen molar-refractivity contribution in [1.29, 1.82) is 0 Å². The molecular weight excluding hydrogens is 378 g/mol. The Hall–Kier alpha value is -1.12. The van der Waals surface area contributed by atoms with E-state index in [9.17, 15) is 5.11 Å². The number of β-amino-alcohol motifs (C(OH)–C–C–N with tert-alkyl or cyclic N) is 1. The Labute approximate surface area is 170 Å². The molecule has 148 valence electrons. The molecule has 2 heterocycles. The second-order valence-corrected chi connectivity index (χ2v) is 9.21. The van der Waals surface area contributed by atoms with Crippen molar-refractivity contribution in [2.75, 3.05) is 44.8 Å². The first-order valence-electron chi connectivity index (χ1n) is 9.38. The Balaban J connectivity index is 1.50. The van der Waals surface area contributed by atoms with E-state index in [1.807, 2.05) is 36.9 Å². The zero-order valence-electron chi connectivity index (χ0n) is 16.1. The van der Waals surface area contributed by atoms with Crippen LogP contribution in [0.4, 0.5) is 0 Å². The van der Waals surface area contributed by atoms with Gasteiger partial charge in [0.2, 0.25) is 0 Å². The fourth-order valence-corrected chi connectivity index (χ4v) is 4.98. The number of aliphatic hydroxyl groups excluding tert-OH is 1. The lowest BCUT2D eigenvalue weighted by molar-refractivity contribution is 0.0709. The first-order chi connectivity index (χ1) is 13.1. The van der Waals surface area contributed by atoms with E-state index in [0.29, 0.717) is 13.2 Å². The van der Waals surface area contributed by atoms with Crippen molar-refractivity contribution < 1.29 is 9.84 Å². The Bertz CT molecular complexity index is 704. The van der Waals surface area contributed by atoms with Crippen LogP contribution in [0, 0.1) is 6.92 Å². The zero-order chi connectivity index (χ0) is 19.1. The highest BCUT2D eigenvalue weighted by Gasteiger charge is 2.16. The van der Waals surface area contributed by atoms with Crippen LogP contribution in [0.2, 0.25) is 0 Å². The quantitative estimate of drug-likeness (QED) is 0.690. The summed E-state index contributed by atoms with van der Waals surface area (Å²) in [6.45, 7) is 6.76. The van der Waals surface area contributed by atoms with Gasteiger partial charge in [-0.05, 0) is 20.0 Å². The highest BCUT2D eigenvalue weighted by molar-refractivity contribution is 7.99. The molecule has 2 aromatic rings. The van der Waals surface area contributed by atoms with Crippen molar-refractivity contribution in [3.8, 4) is 5.75 Å². The molecule has 1 N–H and O–H groups in total. The second-order valence-electron chi connectivity index (χ2n) is 7.04. The summed E-state index contributed by atoms with van der Waals surface area (Å²) >= 11 is 3.68. The summed E-state index contributed by atoms with van der Waals surface area (Å²) in [7, 11) is 2.09. The predicted molar refractivity (Wildman–Crippen MR) is 114 cm³/mol. The van der Waals surface area contributed by atoms with Gasteiger partial charge in [0.25, 0.3) is 0 Å². The molecule has 1 aromatic heterocycles. The predicted octanol–water partition coefficient (Wildman–Crippen LogP) is 2.87. The van der Waals surface area contributed by atoms with Gasteiger partial charge in [0, 0.05) is 54.3 Å². The van der Waals surface area contributed by atoms with Gasteiger partial charge in [-0.3, -0.25) is 9.80 Å². The molecule has 1 aliphatic heterocycles. The highest BCUT2D eigenvalue weighted by atomic mass is 32.2. The number of ether oxygens (including phenoxy) is 1. The van der Waals surface area contributed by atoms with Crippen molar-refractivity contribution in [1.82, 2.24) is 14.8 Å². The molecule has 0 unspecified atom stereocenters. The van der Waals surface area contributed by atoms with Crippen LogP contribution in [-0.2, 0) is 13.1 Å². The molecule has 0 amide bonds. The number of nitrogens with zero attached hydrogens (tertiary/aromatic N) is 3. The van der Waals surface area contributed by atoms with E-state index >= 15 is 0 Å². The lowest BCUT2D eigenvalue weighted by Crippen LogP contribution is -2.40. The standard InChI is InChI=1S/C20H29N3O2S2/c1-16-15-27-20(21-16)13-22(2)11-17-5-3-4-6-19(17)25-14-18(24)12-23-7-9-26-10-8-23/h3-6,15,18,24H,7-14H2,1-2H3/t18-/m0/s1. The fraction of sp³-hybridized carbons (Fsp3) is 0.550. The van der Waals surface area contributed by atoms with Gasteiger partial charge in [0.1, 0.15) is 23.5 Å². The van der Waals surface area contributed by atoms with Gasteiger partial charge in [-0.1, -0.05) is 18.2 Å². The third-order valence-electron chi connectivity index (χ3n) is 4.49. The lowest BCUT2D eigenvalue weighted by Gasteiger charge is -2.28. The Morgan fingerprint density at radius 1 is 1.26 bits per heavy atom. The van der Waals surface area contributed by atoms with Crippen LogP contribution in [0.1, 0.15) is 16.3 Å². The van der Waals surface area contributed by atoms with Gasteiger partial charge >= 0.3 is 0 Å². The normalized spacial score (nSPS) is 16.6. The maximum atomic E-state index is 10.3. The fourth-order valence-electron chi connectivity index (χ4n) is 3.15. The molecule has 1 aliphatic rings. The molecule has 5 nitrogen and oxygen atoms in total. The summed E-state index contributed by atoms with van der Waals surface area (Å²) in [4.78, 5) is 9.09. The summed E-state index contributed by atoms with van der Waals surface area (Å²) < 4.78 is 5.97. The first kappa shape index (κ1) is 20.6. The molecule has 27 heavy (non-hydrogen) atoms. The molecule has 1 atom stereocenters. The van der Waals surface area contributed by atoms with E-state index in [1.54, 1.807) is 11.3 Å². The molecule has 1 fully saturated rings. The molecule has 0 spiro atoms. The molecule has 0 saturated carbocycles. The number of aryl methyl sites for hydroxylation is 1. The Morgan fingerprint density at radius 2 is 2.04 bits per heavy atom. The maximum Gasteiger partial charge on any atom is 0.123 e. The summed E-state index contributed by atoms with van der Waals surface area (Å²) in [5.74, 6) is 3.16. The van der Waals surface area contributed by atoms with Crippen molar-refractivity contribution >= 4 is 23.1 Å². The first-order valence-corrected chi connectivity index (χ1v) is 11.4. The summed E-state index contributed by atoms with van der Waals surface area (Å²) in [6.07, 6.45) is -0.461.